The van der Waals surface area contributed by atoms with Gasteiger partial charge < -0.3 is 0 Å². The highest BCUT2D eigenvalue weighted by atomic mass is 19.3. The molecule has 0 fully saturated rings. The van der Waals surface area contributed by atoms with Crippen LogP contribution in [-0.4, -0.2) is 6.43 Å². The lowest BCUT2D eigenvalue weighted by Gasteiger charge is -2.15. The number of hydrogen-bond donors (Lipinski definition) is 2. The zero-order valence-electron chi connectivity index (χ0n) is 6.98. The Morgan fingerprint density at radius 2 is 1.86 bits per heavy atom. The van der Waals surface area contributed by atoms with Crippen LogP contribution in [0.4, 0.5) is 17.6 Å². The summed E-state index contributed by atoms with van der Waals surface area (Å²) in [6.45, 7) is 0. The van der Waals surface area contributed by atoms with Crippen molar-refractivity contribution in [1.29, 1.82) is 0 Å². The summed E-state index contributed by atoms with van der Waals surface area (Å²) in [5.74, 6) is 3.09. The average molecular weight is 208 g/mol. The number of alkyl halides is 2. The van der Waals surface area contributed by atoms with Crippen LogP contribution < -0.4 is 11.3 Å². The Morgan fingerprint density at radius 1 is 1.21 bits per heavy atom. The van der Waals surface area contributed by atoms with Crippen molar-refractivity contribution in [2.24, 2.45) is 5.84 Å². The second kappa shape index (κ2) is 4.39. The summed E-state index contributed by atoms with van der Waals surface area (Å²) in [5, 5.41) is 0. The van der Waals surface area contributed by atoms with Crippen LogP contribution in [0.15, 0.2) is 18.2 Å². The Labute approximate surface area is 77.7 Å². The quantitative estimate of drug-likeness (QED) is 0.451. The minimum Gasteiger partial charge on any atom is -0.271 e. The maximum Gasteiger partial charge on any atom is 0.259 e. The van der Waals surface area contributed by atoms with Gasteiger partial charge in [-0.05, 0) is 18.2 Å². The Bertz CT molecular complexity index is 316. The molecule has 3 N–H and O–H groups in total. The van der Waals surface area contributed by atoms with Crippen molar-refractivity contribution >= 4 is 0 Å². The molecule has 0 saturated heterocycles. The second-order valence-corrected chi connectivity index (χ2v) is 2.64. The topological polar surface area (TPSA) is 38.0 Å². The van der Waals surface area contributed by atoms with Crippen molar-refractivity contribution < 1.29 is 17.6 Å². The van der Waals surface area contributed by atoms with Crippen LogP contribution in [0, 0.1) is 11.6 Å². The van der Waals surface area contributed by atoms with Gasteiger partial charge in [0.25, 0.3) is 6.43 Å². The molecule has 6 heteroatoms. The van der Waals surface area contributed by atoms with Crippen molar-refractivity contribution in [3.05, 3.63) is 35.4 Å². The molecule has 0 heterocycles. The smallest absolute Gasteiger partial charge is 0.259 e. The van der Waals surface area contributed by atoms with E-state index in [-0.39, 0.29) is 0 Å². The summed E-state index contributed by atoms with van der Waals surface area (Å²) in [6, 6.07) is 0.604. The van der Waals surface area contributed by atoms with Gasteiger partial charge in [-0.25, -0.2) is 23.0 Å². The highest BCUT2D eigenvalue weighted by molar-refractivity contribution is 5.22. The molecule has 1 aromatic rings. The lowest BCUT2D eigenvalue weighted by atomic mass is 10.1. The highest BCUT2D eigenvalue weighted by Gasteiger charge is 2.24. The third-order valence-electron chi connectivity index (χ3n) is 1.72. The predicted octanol–water partition coefficient (Wildman–Crippen LogP) is 1.73. The lowest BCUT2D eigenvalue weighted by molar-refractivity contribution is 0.0967. The monoisotopic (exact) mass is 208 g/mol. The SMILES string of the molecule is NNC(c1cc(F)ccc1F)C(F)F. The fourth-order valence-corrected chi connectivity index (χ4v) is 1.05. The van der Waals surface area contributed by atoms with Gasteiger partial charge in [0.05, 0.1) is 0 Å². The summed E-state index contributed by atoms with van der Waals surface area (Å²) >= 11 is 0. The minimum atomic E-state index is -2.91. The van der Waals surface area contributed by atoms with E-state index < -0.39 is 29.7 Å². The molecule has 0 aliphatic rings. The Hall–Kier alpha value is -1.14. The summed E-state index contributed by atoms with van der Waals surface area (Å²) in [7, 11) is 0. The van der Waals surface area contributed by atoms with Gasteiger partial charge in [0, 0.05) is 5.56 Å². The van der Waals surface area contributed by atoms with Crippen LogP contribution in [0.1, 0.15) is 11.6 Å². The molecule has 1 unspecified atom stereocenters. The van der Waals surface area contributed by atoms with Gasteiger partial charge >= 0.3 is 0 Å². The van der Waals surface area contributed by atoms with Gasteiger partial charge in [0.1, 0.15) is 17.7 Å². The zero-order valence-corrected chi connectivity index (χ0v) is 6.98. The largest absolute Gasteiger partial charge is 0.271 e. The van der Waals surface area contributed by atoms with Crippen LogP contribution in [0.5, 0.6) is 0 Å². The molecular weight excluding hydrogens is 200 g/mol. The lowest BCUT2D eigenvalue weighted by Crippen LogP contribution is -2.33. The number of nitrogens with two attached hydrogens (primary N) is 1. The van der Waals surface area contributed by atoms with Gasteiger partial charge in [-0.3, -0.25) is 5.84 Å². The molecule has 0 spiro atoms. The van der Waals surface area contributed by atoms with Gasteiger partial charge in [0.2, 0.25) is 0 Å². The van der Waals surface area contributed by atoms with E-state index in [1.807, 2.05) is 0 Å². The first-order valence-electron chi connectivity index (χ1n) is 3.75. The van der Waals surface area contributed by atoms with Crippen molar-refractivity contribution in [2.45, 2.75) is 12.5 Å². The molecule has 0 bridgehead atoms. The van der Waals surface area contributed by atoms with E-state index in [2.05, 4.69) is 0 Å². The first kappa shape index (κ1) is 10.9. The molecule has 0 saturated carbocycles. The summed E-state index contributed by atoms with van der Waals surface area (Å²) in [6.07, 6.45) is -2.91. The molecule has 0 aliphatic carbocycles. The van der Waals surface area contributed by atoms with Crippen LogP contribution in [0.3, 0.4) is 0 Å². The summed E-state index contributed by atoms with van der Waals surface area (Å²) < 4.78 is 50.1. The minimum absolute atomic E-state index is 0.484. The van der Waals surface area contributed by atoms with E-state index in [4.69, 9.17) is 5.84 Å². The summed E-state index contributed by atoms with van der Waals surface area (Å²) in [5.41, 5.74) is 1.25. The number of halogens is 4. The van der Waals surface area contributed by atoms with Gasteiger partial charge in [-0.1, -0.05) is 0 Å². The van der Waals surface area contributed by atoms with Crippen LogP contribution >= 0.6 is 0 Å². The molecule has 1 atom stereocenters. The predicted molar refractivity (Wildman–Crippen MR) is 42.4 cm³/mol. The number of nitrogens with one attached hydrogen (secondary N) is 1. The first-order chi connectivity index (χ1) is 6.56. The molecule has 0 radical (unpaired) electrons. The molecule has 0 aromatic heterocycles. The fraction of sp³-hybridized carbons (Fsp3) is 0.250. The highest BCUT2D eigenvalue weighted by Crippen LogP contribution is 2.23. The maximum absolute atomic E-state index is 13.0. The van der Waals surface area contributed by atoms with E-state index in [9.17, 15) is 17.6 Å². The molecule has 1 rings (SSSR count). The van der Waals surface area contributed by atoms with Crippen LogP contribution in [-0.2, 0) is 0 Å². The molecule has 2 nitrogen and oxygen atoms in total. The molecule has 14 heavy (non-hydrogen) atoms. The molecule has 1 aromatic carbocycles. The number of hydrazine groups is 1. The van der Waals surface area contributed by atoms with Gasteiger partial charge in [-0.15, -0.1) is 0 Å². The third-order valence-corrected chi connectivity index (χ3v) is 1.72. The van der Waals surface area contributed by atoms with Crippen molar-refractivity contribution in [3.8, 4) is 0 Å². The molecular formula is C8H8F4N2. The Morgan fingerprint density at radius 3 is 2.36 bits per heavy atom. The van der Waals surface area contributed by atoms with E-state index >= 15 is 0 Å². The molecule has 0 aliphatic heterocycles. The van der Waals surface area contributed by atoms with Gasteiger partial charge in [0.15, 0.2) is 0 Å². The van der Waals surface area contributed by atoms with E-state index in [1.54, 1.807) is 5.43 Å². The van der Waals surface area contributed by atoms with Crippen molar-refractivity contribution in [1.82, 2.24) is 5.43 Å². The third kappa shape index (κ3) is 2.21. The van der Waals surface area contributed by atoms with E-state index in [0.29, 0.717) is 6.07 Å². The van der Waals surface area contributed by atoms with E-state index in [0.717, 1.165) is 12.1 Å². The fourth-order valence-electron chi connectivity index (χ4n) is 1.05. The average Bonchev–Trinajstić information content (AvgIpc) is 2.11. The van der Waals surface area contributed by atoms with Gasteiger partial charge in [-0.2, -0.15) is 0 Å². The van der Waals surface area contributed by atoms with E-state index in [1.165, 1.54) is 0 Å². The first-order valence-corrected chi connectivity index (χ1v) is 3.75. The second-order valence-electron chi connectivity index (χ2n) is 2.64. The molecule has 78 valence electrons. The Kier molecular flexibility index (Phi) is 3.43. The number of rotatable bonds is 3. The maximum atomic E-state index is 13.0. The zero-order chi connectivity index (χ0) is 10.7. The summed E-state index contributed by atoms with van der Waals surface area (Å²) in [4.78, 5) is 0. The van der Waals surface area contributed by atoms with Crippen LogP contribution in [0.2, 0.25) is 0 Å². The van der Waals surface area contributed by atoms with Crippen molar-refractivity contribution in [3.63, 3.8) is 0 Å². The Balaban J connectivity index is 3.08. The normalized spacial score (nSPS) is 13.3. The van der Waals surface area contributed by atoms with Crippen LogP contribution in [0.25, 0.3) is 0 Å². The van der Waals surface area contributed by atoms with Crippen molar-refractivity contribution in [2.75, 3.05) is 0 Å². The molecule has 0 amide bonds. The number of benzene rings is 1. The number of hydrogen-bond acceptors (Lipinski definition) is 2. The standard InChI is InChI=1S/C8H8F4N2/c9-4-1-2-6(10)5(3-4)7(14-13)8(11)12/h1-3,7-8,14H,13H2.